The summed E-state index contributed by atoms with van der Waals surface area (Å²) in [6, 6.07) is 0. The summed E-state index contributed by atoms with van der Waals surface area (Å²) in [7, 11) is 0. The normalized spacial score (nSPS) is 16.6. The van der Waals surface area contributed by atoms with Gasteiger partial charge in [0, 0.05) is 0 Å². The van der Waals surface area contributed by atoms with Crippen molar-refractivity contribution in [3.05, 3.63) is 23.3 Å². The van der Waals surface area contributed by atoms with Crippen molar-refractivity contribution in [3.63, 3.8) is 0 Å². The van der Waals surface area contributed by atoms with Gasteiger partial charge in [0.25, 0.3) is 0 Å². The zero-order valence-electron chi connectivity index (χ0n) is 20.4. The maximum atomic E-state index is 8.52. The Hall–Kier alpha value is 0.323. The van der Waals surface area contributed by atoms with Crippen molar-refractivity contribution in [3.8, 4) is 0 Å². The Morgan fingerprint density at radius 3 is 1.25 bits per heavy atom. The first-order chi connectivity index (χ1) is 12.8. The molecule has 2 fully saturated rings. The van der Waals surface area contributed by atoms with Crippen LogP contribution in [0.1, 0.15) is 138 Å². The van der Waals surface area contributed by atoms with Crippen LogP contribution in [0, 0.1) is 6.08 Å². The smallest absolute Gasteiger partial charge is 0.391 e. The molecule has 0 bridgehead atoms. The fourth-order valence-electron chi connectivity index (χ4n) is 3.17. The Morgan fingerprint density at radius 1 is 0.750 bits per heavy atom. The van der Waals surface area contributed by atoms with Crippen molar-refractivity contribution in [1.29, 1.82) is 0 Å². The summed E-state index contributed by atoms with van der Waals surface area (Å²) in [6.45, 7) is 14.0. The van der Waals surface area contributed by atoms with Gasteiger partial charge in [0.05, 0.1) is 5.60 Å². The molecular weight excluding hydrogens is 420 g/mol. The Bertz CT molecular complexity index is 304. The minimum absolute atomic E-state index is 0. The molecule has 0 aliphatic heterocycles. The van der Waals surface area contributed by atoms with Gasteiger partial charge >= 0.3 is 26.2 Å². The molecule has 1 N–H and O–H groups in total. The van der Waals surface area contributed by atoms with Crippen LogP contribution >= 0.6 is 0 Å². The van der Waals surface area contributed by atoms with E-state index in [2.05, 4.69) is 39.8 Å². The molecule has 0 aromatic rings. The summed E-state index contributed by atoms with van der Waals surface area (Å²) in [5, 5.41) is 8.52. The first-order valence-corrected chi connectivity index (χ1v) is 11.8. The van der Waals surface area contributed by atoms with Gasteiger partial charge in [0.15, 0.2) is 0 Å². The van der Waals surface area contributed by atoms with Crippen molar-refractivity contribution >= 4 is 0 Å². The fourth-order valence-corrected chi connectivity index (χ4v) is 3.17. The van der Waals surface area contributed by atoms with Crippen LogP contribution in [0.3, 0.4) is 0 Å². The first kappa shape index (κ1) is 33.0. The minimum Gasteiger partial charge on any atom is -0.391 e. The summed E-state index contributed by atoms with van der Waals surface area (Å²) in [5.74, 6) is 0. The average molecular weight is 471 g/mol. The molecule has 0 atom stereocenters. The summed E-state index contributed by atoms with van der Waals surface area (Å²) >= 11 is 0. The van der Waals surface area contributed by atoms with Gasteiger partial charge in [-0.15, -0.1) is 6.42 Å². The Morgan fingerprint density at radius 2 is 1.07 bits per heavy atom. The van der Waals surface area contributed by atoms with Crippen LogP contribution in [0.4, 0.5) is 0 Å². The second-order valence-corrected chi connectivity index (χ2v) is 8.56. The van der Waals surface area contributed by atoms with Crippen LogP contribution in [0.5, 0.6) is 0 Å². The van der Waals surface area contributed by atoms with Crippen molar-refractivity contribution in [1.82, 2.24) is 0 Å². The Labute approximate surface area is 198 Å². The molecule has 2 heteroatoms. The number of aliphatic hydroxyl groups is 1. The van der Waals surface area contributed by atoms with Gasteiger partial charge in [0.1, 0.15) is 0 Å². The van der Waals surface area contributed by atoms with E-state index in [0.29, 0.717) is 0 Å². The van der Waals surface area contributed by atoms with E-state index in [1.54, 1.807) is 20.8 Å². The molecule has 0 spiro atoms. The minimum atomic E-state index is -0.500. The molecule has 1 nitrogen and oxygen atoms in total. The molecule has 0 heterocycles. The number of hydrogen-bond acceptors (Lipinski definition) is 1. The van der Waals surface area contributed by atoms with Crippen molar-refractivity contribution in [2.24, 2.45) is 0 Å². The molecular formula is C26H51OZr+2. The molecule has 2 rings (SSSR count). The molecule has 0 amide bonds. The van der Waals surface area contributed by atoms with Crippen LogP contribution in [-0.4, -0.2) is 10.7 Å². The van der Waals surface area contributed by atoms with Gasteiger partial charge in [-0.1, -0.05) is 111 Å². The predicted molar refractivity (Wildman–Crippen MR) is 124 cm³/mol. The molecule has 0 saturated heterocycles. The van der Waals surface area contributed by atoms with E-state index in [4.69, 9.17) is 5.11 Å². The van der Waals surface area contributed by atoms with Crippen LogP contribution in [0.15, 0.2) is 17.2 Å². The number of hydrogen-bond donors (Lipinski definition) is 1. The van der Waals surface area contributed by atoms with Gasteiger partial charge in [-0.25, -0.2) is 5.57 Å². The zero-order chi connectivity index (χ0) is 21.0. The molecule has 28 heavy (non-hydrogen) atoms. The summed E-state index contributed by atoms with van der Waals surface area (Å²) < 4.78 is 0. The van der Waals surface area contributed by atoms with Gasteiger partial charge in [-0.3, -0.25) is 6.08 Å². The van der Waals surface area contributed by atoms with E-state index in [1.165, 1.54) is 75.4 Å². The van der Waals surface area contributed by atoms with E-state index in [-0.39, 0.29) is 26.2 Å². The van der Waals surface area contributed by atoms with Crippen LogP contribution < -0.4 is 0 Å². The molecule has 0 aromatic heterocycles. The maximum Gasteiger partial charge on any atom is 3.00 e. The molecule has 2 saturated carbocycles. The van der Waals surface area contributed by atoms with Gasteiger partial charge < -0.3 is 5.11 Å². The third-order valence-corrected chi connectivity index (χ3v) is 4.46. The fraction of sp³-hybridized carbons (Fsp3) is 0.846. The van der Waals surface area contributed by atoms with E-state index in [0.717, 1.165) is 25.7 Å². The third-order valence-electron chi connectivity index (χ3n) is 4.46. The van der Waals surface area contributed by atoms with E-state index < -0.39 is 5.60 Å². The standard InChI is InChI=1S/C12H21.2C5H10.C4H10O.Zr/c1-5-9-11(7-3)12(8-4)10-6-2;2*1-2-4-5-3-1;1-4(2,3)5;/h9H,5-8H2,1-4H3;2*1-5H2;5H,1-3H3;/q-1;;;;+3/b11-9+;;;;. The van der Waals surface area contributed by atoms with E-state index >= 15 is 0 Å². The van der Waals surface area contributed by atoms with Gasteiger partial charge in [-0.05, 0) is 20.8 Å². The monoisotopic (exact) mass is 469 g/mol. The van der Waals surface area contributed by atoms with Gasteiger partial charge in [-0.2, -0.15) is 11.6 Å². The summed E-state index contributed by atoms with van der Waals surface area (Å²) in [5.41, 5.74) is 2.41. The SMILES string of the molecule is C1CCCC1.C1CCCC1.CC(C)(C)O.CC[C-]=C(CC)/C(=C/CC)CC.[Zr+3]. The maximum absolute atomic E-state index is 8.52. The first-order valence-electron chi connectivity index (χ1n) is 11.8. The Balaban J connectivity index is -0.000000324. The quantitative estimate of drug-likeness (QED) is 0.314. The number of rotatable bonds is 5. The zero-order valence-corrected chi connectivity index (χ0v) is 22.9. The van der Waals surface area contributed by atoms with Crippen LogP contribution in [0.25, 0.3) is 0 Å². The summed E-state index contributed by atoms with van der Waals surface area (Å²) in [4.78, 5) is 0. The van der Waals surface area contributed by atoms with Crippen LogP contribution in [-0.2, 0) is 26.2 Å². The largest absolute Gasteiger partial charge is 3.00 e. The molecule has 2 aliphatic carbocycles. The topological polar surface area (TPSA) is 20.2 Å². The second kappa shape index (κ2) is 23.6. The summed E-state index contributed by atoms with van der Waals surface area (Å²) in [6.07, 6.45) is 25.2. The molecule has 0 aromatic carbocycles. The Kier molecular flexibility index (Phi) is 27.8. The van der Waals surface area contributed by atoms with E-state index in [1.807, 2.05) is 0 Å². The third kappa shape index (κ3) is 28.5. The number of allylic oxidation sites excluding steroid dienone is 4. The average Bonchev–Trinajstić information content (AvgIpc) is 3.34. The van der Waals surface area contributed by atoms with Crippen LogP contribution in [0.2, 0.25) is 0 Å². The van der Waals surface area contributed by atoms with Crippen molar-refractivity contribution in [2.75, 3.05) is 0 Å². The molecule has 0 unspecified atom stereocenters. The second-order valence-electron chi connectivity index (χ2n) is 8.56. The van der Waals surface area contributed by atoms with E-state index in [9.17, 15) is 0 Å². The van der Waals surface area contributed by atoms with Gasteiger partial charge in [0.2, 0.25) is 0 Å². The molecule has 2 aliphatic rings. The molecule has 1 radical (unpaired) electrons. The van der Waals surface area contributed by atoms with Crippen molar-refractivity contribution < 1.29 is 31.3 Å². The molecule has 163 valence electrons. The van der Waals surface area contributed by atoms with Crippen molar-refractivity contribution in [2.45, 2.75) is 144 Å². The predicted octanol–water partition coefficient (Wildman–Crippen LogP) is 8.96.